The Hall–Kier alpha value is -0.440. The van der Waals surface area contributed by atoms with Gasteiger partial charge in [-0.25, -0.2) is 0 Å². The van der Waals surface area contributed by atoms with Crippen LogP contribution in [0.2, 0.25) is 10.0 Å². The molecule has 0 aliphatic carbocycles. The first-order valence-corrected chi connectivity index (χ1v) is 6.15. The van der Waals surface area contributed by atoms with E-state index < -0.39 is 5.97 Å². The van der Waals surface area contributed by atoms with Crippen LogP contribution in [0.4, 0.5) is 0 Å². The van der Waals surface area contributed by atoms with Crippen LogP contribution in [0.1, 0.15) is 5.56 Å². The molecule has 0 spiro atoms. The normalized spacial score (nSPS) is 9.19. The third-order valence-corrected chi connectivity index (χ3v) is 2.84. The Bertz CT molecular complexity index is 429. The van der Waals surface area contributed by atoms with E-state index in [2.05, 4.69) is 9.85 Å². The molecule has 0 unspecified atom stereocenters. The molecule has 0 heterocycles. The fourth-order valence-corrected chi connectivity index (χ4v) is 1.73. The van der Waals surface area contributed by atoms with Crippen molar-refractivity contribution in [1.29, 1.82) is 0 Å². The van der Waals surface area contributed by atoms with Crippen LogP contribution in [0.3, 0.4) is 0 Å². The van der Waals surface area contributed by atoms with Crippen molar-refractivity contribution >= 4 is 51.8 Å². The van der Waals surface area contributed by atoms with Gasteiger partial charge in [0, 0.05) is 38.2 Å². The maximum Gasteiger partial charge on any atom is 0.311 e. The summed E-state index contributed by atoms with van der Waals surface area (Å²) >= 11 is 13.7. The lowest BCUT2D eigenvalue weighted by atomic mass is 10.1. The maximum absolute atomic E-state index is 11.4. The van der Waals surface area contributed by atoms with Crippen molar-refractivity contribution in [2.75, 3.05) is 6.61 Å². The molecule has 2 nitrogen and oxygen atoms in total. The minimum atomic E-state index is -0.394. The van der Waals surface area contributed by atoms with Gasteiger partial charge in [0.15, 0.2) is 6.61 Å². The molecule has 1 rings (SSSR count). The van der Waals surface area contributed by atoms with Crippen molar-refractivity contribution in [2.45, 2.75) is 6.42 Å². The van der Waals surface area contributed by atoms with Crippen molar-refractivity contribution in [3.63, 3.8) is 0 Å². The molecule has 0 saturated carbocycles. The summed E-state index contributed by atoms with van der Waals surface area (Å²) < 4.78 is 7.46. The number of hydrogen-bond acceptors (Lipinski definition) is 2. The van der Waals surface area contributed by atoms with Gasteiger partial charge in [-0.1, -0.05) is 35.2 Å². The average Bonchev–Trinajstić information content (AvgIpc) is 2.24. The lowest BCUT2D eigenvalue weighted by molar-refractivity contribution is -0.141. The van der Waals surface area contributed by atoms with Gasteiger partial charge in [-0.15, -0.1) is 0 Å². The van der Waals surface area contributed by atoms with Crippen LogP contribution in [0.25, 0.3) is 0 Å². The highest BCUT2D eigenvalue weighted by atomic mass is 127. The molecular formula is C11H7Cl2IO2. The molecule has 0 aromatic heterocycles. The zero-order chi connectivity index (χ0) is 12.0. The average molecular weight is 369 g/mol. The fourth-order valence-electron chi connectivity index (χ4n) is 1.04. The first-order valence-electron chi connectivity index (χ1n) is 4.32. The van der Waals surface area contributed by atoms with Crippen LogP contribution >= 0.6 is 45.8 Å². The molecule has 0 saturated heterocycles. The van der Waals surface area contributed by atoms with Gasteiger partial charge >= 0.3 is 5.97 Å². The Morgan fingerprint density at radius 3 is 2.56 bits per heavy atom. The number of rotatable bonds is 3. The van der Waals surface area contributed by atoms with Crippen LogP contribution in [0, 0.1) is 9.85 Å². The van der Waals surface area contributed by atoms with E-state index in [1.54, 1.807) is 18.2 Å². The first-order chi connectivity index (χ1) is 7.65. The van der Waals surface area contributed by atoms with Crippen molar-refractivity contribution in [2.24, 2.45) is 0 Å². The Morgan fingerprint density at radius 1 is 1.38 bits per heavy atom. The molecular weight excluding hydrogens is 362 g/mol. The highest BCUT2D eigenvalue weighted by Crippen LogP contribution is 2.24. The van der Waals surface area contributed by atoms with Crippen LogP contribution in [0.5, 0.6) is 0 Å². The smallest absolute Gasteiger partial charge is 0.311 e. The summed E-state index contributed by atoms with van der Waals surface area (Å²) in [6.07, 6.45) is 0.0570. The predicted octanol–water partition coefficient (Wildman–Crippen LogP) is 3.48. The van der Waals surface area contributed by atoms with Gasteiger partial charge in [0.25, 0.3) is 0 Å². The lowest BCUT2D eigenvalue weighted by Gasteiger charge is -2.05. The quantitative estimate of drug-likeness (QED) is 0.464. The first kappa shape index (κ1) is 13.6. The summed E-state index contributed by atoms with van der Waals surface area (Å²) in [6, 6.07) is 5.09. The summed E-state index contributed by atoms with van der Waals surface area (Å²) in [5.74, 6) is 2.23. The third kappa shape index (κ3) is 4.20. The summed E-state index contributed by atoms with van der Waals surface area (Å²) in [6.45, 7) is 0.0871. The largest absolute Gasteiger partial charge is 0.452 e. The number of halogens is 3. The maximum atomic E-state index is 11.4. The minimum absolute atomic E-state index is 0.0570. The highest BCUT2D eigenvalue weighted by molar-refractivity contribution is 14.1. The number of benzene rings is 1. The van der Waals surface area contributed by atoms with Crippen molar-refractivity contribution in [1.82, 2.24) is 0 Å². The minimum Gasteiger partial charge on any atom is -0.452 e. The molecule has 0 radical (unpaired) electrons. The summed E-state index contributed by atoms with van der Waals surface area (Å²) in [5.41, 5.74) is 0.582. The van der Waals surface area contributed by atoms with Crippen molar-refractivity contribution in [3.05, 3.63) is 33.8 Å². The van der Waals surface area contributed by atoms with Crippen molar-refractivity contribution in [3.8, 4) is 9.85 Å². The molecule has 5 heteroatoms. The van der Waals surface area contributed by atoms with E-state index in [9.17, 15) is 4.79 Å². The van der Waals surface area contributed by atoms with E-state index in [-0.39, 0.29) is 13.0 Å². The lowest BCUT2D eigenvalue weighted by Crippen LogP contribution is -2.08. The highest BCUT2D eigenvalue weighted by Gasteiger charge is 2.11. The molecule has 1 aromatic carbocycles. The molecule has 0 fully saturated rings. The van der Waals surface area contributed by atoms with Gasteiger partial charge in [0.05, 0.1) is 6.42 Å². The Balaban J connectivity index is 2.65. The summed E-state index contributed by atoms with van der Waals surface area (Å²) in [7, 11) is 0. The Labute approximate surface area is 117 Å². The fraction of sp³-hybridized carbons (Fsp3) is 0.182. The van der Waals surface area contributed by atoms with Gasteiger partial charge in [-0.3, -0.25) is 4.79 Å². The summed E-state index contributed by atoms with van der Waals surface area (Å²) in [4.78, 5) is 11.4. The molecule has 0 amide bonds. The number of hydrogen-bond donors (Lipinski definition) is 0. The van der Waals surface area contributed by atoms with Crippen LogP contribution in [-0.4, -0.2) is 12.6 Å². The SMILES string of the molecule is O=C(Cc1c(Cl)cccc1Cl)OCC#CI. The molecule has 0 bridgehead atoms. The van der Waals surface area contributed by atoms with Crippen LogP contribution in [-0.2, 0) is 16.0 Å². The Kier molecular flexibility index (Phi) is 5.96. The number of ether oxygens (including phenoxy) is 1. The second-order valence-electron chi connectivity index (χ2n) is 2.81. The van der Waals surface area contributed by atoms with Gasteiger partial charge in [0.1, 0.15) is 0 Å². The Morgan fingerprint density at radius 2 is 2.00 bits per heavy atom. The van der Waals surface area contributed by atoms with E-state index in [0.29, 0.717) is 15.6 Å². The number of esters is 1. The van der Waals surface area contributed by atoms with Gasteiger partial charge in [-0.05, 0) is 16.1 Å². The molecule has 0 aliphatic heterocycles. The monoisotopic (exact) mass is 368 g/mol. The molecule has 0 aliphatic rings. The zero-order valence-electron chi connectivity index (χ0n) is 8.10. The third-order valence-electron chi connectivity index (χ3n) is 1.75. The standard InChI is InChI=1S/C11H7Cl2IO2/c12-9-3-1-4-10(13)8(9)7-11(15)16-6-2-5-14/h1,3-4H,6-7H2. The van der Waals surface area contributed by atoms with Crippen LogP contribution < -0.4 is 0 Å². The van der Waals surface area contributed by atoms with E-state index in [4.69, 9.17) is 27.9 Å². The van der Waals surface area contributed by atoms with Gasteiger partial charge in [-0.2, -0.15) is 0 Å². The predicted molar refractivity (Wildman–Crippen MR) is 72.9 cm³/mol. The molecule has 0 atom stereocenters. The van der Waals surface area contributed by atoms with Crippen molar-refractivity contribution < 1.29 is 9.53 Å². The van der Waals surface area contributed by atoms with Crippen LogP contribution in [0.15, 0.2) is 18.2 Å². The molecule has 1 aromatic rings. The zero-order valence-corrected chi connectivity index (χ0v) is 11.8. The molecule has 0 N–H and O–H groups in total. The van der Waals surface area contributed by atoms with E-state index in [1.165, 1.54) is 0 Å². The van der Waals surface area contributed by atoms with E-state index >= 15 is 0 Å². The van der Waals surface area contributed by atoms with Gasteiger partial charge in [0.2, 0.25) is 0 Å². The number of carbonyl (C=O) groups excluding carboxylic acids is 1. The van der Waals surface area contributed by atoms with E-state index in [0.717, 1.165) is 0 Å². The number of carbonyl (C=O) groups is 1. The topological polar surface area (TPSA) is 26.3 Å². The van der Waals surface area contributed by atoms with E-state index in [1.807, 2.05) is 22.6 Å². The second-order valence-corrected chi connectivity index (χ2v) is 4.16. The second kappa shape index (κ2) is 7.00. The van der Waals surface area contributed by atoms with Gasteiger partial charge < -0.3 is 4.74 Å². The molecule has 16 heavy (non-hydrogen) atoms. The molecule has 84 valence electrons. The summed E-state index contributed by atoms with van der Waals surface area (Å²) in [5, 5.41) is 0.925.